The van der Waals surface area contributed by atoms with Gasteiger partial charge in [-0.1, -0.05) is 18.2 Å². The average Bonchev–Trinajstić information content (AvgIpc) is 2.67. The highest BCUT2D eigenvalue weighted by molar-refractivity contribution is 9.10. The van der Waals surface area contributed by atoms with Gasteiger partial charge < -0.3 is 9.30 Å². The van der Waals surface area contributed by atoms with Crippen LogP contribution in [0.25, 0.3) is 10.9 Å². The van der Waals surface area contributed by atoms with Gasteiger partial charge in [-0.2, -0.15) is 0 Å². The summed E-state index contributed by atoms with van der Waals surface area (Å²) < 4.78 is 20.6. The van der Waals surface area contributed by atoms with E-state index in [2.05, 4.69) is 20.7 Å². The summed E-state index contributed by atoms with van der Waals surface area (Å²) in [6.45, 7) is 1.81. The van der Waals surface area contributed by atoms with Crippen LogP contribution in [-0.4, -0.2) is 17.1 Å². The lowest BCUT2D eigenvalue weighted by molar-refractivity contribution is -0.152. The number of hydrogen-bond donors (Lipinski definition) is 0. The Morgan fingerprint density at radius 1 is 1.53 bits per heavy atom. The van der Waals surface area contributed by atoms with Crippen LogP contribution in [0.4, 0.5) is 4.39 Å². The maximum absolute atomic E-state index is 13.9. The molecule has 0 aliphatic carbocycles. The summed E-state index contributed by atoms with van der Waals surface area (Å²) in [6, 6.07) is 7.26. The standard InChI is InChI=1S/C12H11BrFNO2/c1-2-17-12(16)11(14)15-7-9(13)8-5-3-4-6-10(8)15/h3-7,11H,2H2,1H3. The number of nitrogens with zero attached hydrogens (tertiary/aromatic N) is 1. The fraction of sp³-hybridized carbons (Fsp3) is 0.250. The van der Waals surface area contributed by atoms with E-state index >= 15 is 0 Å². The van der Waals surface area contributed by atoms with Crippen molar-refractivity contribution in [1.29, 1.82) is 0 Å². The van der Waals surface area contributed by atoms with Gasteiger partial charge in [-0.15, -0.1) is 0 Å². The maximum Gasteiger partial charge on any atom is 0.362 e. The zero-order valence-corrected chi connectivity index (χ0v) is 10.8. The van der Waals surface area contributed by atoms with Crippen LogP contribution < -0.4 is 0 Å². The van der Waals surface area contributed by atoms with Crippen LogP contribution >= 0.6 is 15.9 Å². The molecule has 0 saturated heterocycles. The van der Waals surface area contributed by atoms with Gasteiger partial charge in [-0.05, 0) is 28.9 Å². The van der Waals surface area contributed by atoms with Crippen LogP contribution in [0, 0.1) is 0 Å². The quantitative estimate of drug-likeness (QED) is 0.813. The second kappa shape index (κ2) is 4.87. The number of ether oxygens (including phenoxy) is 1. The molecule has 2 rings (SSSR count). The Bertz CT molecular complexity index is 552. The highest BCUT2D eigenvalue weighted by Gasteiger charge is 2.22. The predicted octanol–water partition coefficient (Wildman–Crippen LogP) is 3.44. The number of hydrogen-bond acceptors (Lipinski definition) is 2. The Morgan fingerprint density at radius 3 is 2.94 bits per heavy atom. The molecular weight excluding hydrogens is 289 g/mol. The number of carbonyl (C=O) groups excluding carboxylic acids is 1. The van der Waals surface area contributed by atoms with E-state index in [1.807, 2.05) is 12.1 Å². The first-order valence-corrected chi connectivity index (χ1v) is 6.00. The van der Waals surface area contributed by atoms with Crippen molar-refractivity contribution in [2.24, 2.45) is 0 Å². The molecule has 0 saturated carbocycles. The van der Waals surface area contributed by atoms with E-state index in [-0.39, 0.29) is 6.61 Å². The van der Waals surface area contributed by atoms with Crippen LogP contribution in [0.1, 0.15) is 13.2 Å². The van der Waals surface area contributed by atoms with E-state index in [0.717, 1.165) is 9.86 Å². The molecular formula is C12H11BrFNO2. The summed E-state index contributed by atoms with van der Waals surface area (Å²) in [5, 5.41) is 0.861. The molecule has 0 amide bonds. The van der Waals surface area contributed by atoms with Crippen molar-refractivity contribution in [3.63, 3.8) is 0 Å². The summed E-state index contributed by atoms with van der Waals surface area (Å²) in [4.78, 5) is 11.4. The Balaban J connectivity index is 2.45. The Labute approximate surface area is 106 Å². The molecule has 0 aliphatic rings. The molecule has 0 spiro atoms. The van der Waals surface area contributed by atoms with Gasteiger partial charge in [0, 0.05) is 16.1 Å². The first kappa shape index (κ1) is 12.1. The molecule has 90 valence electrons. The third kappa shape index (κ3) is 2.20. The molecule has 3 nitrogen and oxygen atoms in total. The van der Waals surface area contributed by atoms with Crippen LogP contribution in [0.3, 0.4) is 0 Å². The summed E-state index contributed by atoms with van der Waals surface area (Å²) >= 11 is 3.33. The number of esters is 1. The first-order chi connectivity index (χ1) is 8.15. The van der Waals surface area contributed by atoms with Gasteiger partial charge >= 0.3 is 5.97 Å². The monoisotopic (exact) mass is 299 g/mol. The first-order valence-electron chi connectivity index (χ1n) is 5.21. The van der Waals surface area contributed by atoms with E-state index in [1.54, 1.807) is 25.3 Å². The summed E-state index contributed by atoms with van der Waals surface area (Å²) in [7, 11) is 0. The number of alkyl halides is 1. The molecule has 5 heteroatoms. The molecule has 1 heterocycles. The third-order valence-electron chi connectivity index (χ3n) is 2.42. The van der Waals surface area contributed by atoms with Gasteiger partial charge in [-0.25, -0.2) is 9.18 Å². The molecule has 1 aromatic carbocycles. The van der Waals surface area contributed by atoms with Crippen LogP contribution in [0.2, 0.25) is 0 Å². The molecule has 0 radical (unpaired) electrons. The largest absolute Gasteiger partial charge is 0.462 e. The maximum atomic E-state index is 13.9. The van der Waals surface area contributed by atoms with Gasteiger partial charge in [0.2, 0.25) is 0 Å². The lowest BCUT2D eigenvalue weighted by Gasteiger charge is -2.10. The number of carbonyl (C=O) groups is 1. The molecule has 0 fully saturated rings. The molecule has 2 aromatic rings. The van der Waals surface area contributed by atoms with E-state index in [9.17, 15) is 9.18 Å². The summed E-state index contributed by atoms with van der Waals surface area (Å²) in [6.07, 6.45) is -0.266. The van der Waals surface area contributed by atoms with Crippen molar-refractivity contribution >= 4 is 32.8 Å². The number of benzene rings is 1. The zero-order chi connectivity index (χ0) is 12.4. The van der Waals surface area contributed by atoms with Gasteiger partial charge in [0.1, 0.15) is 0 Å². The molecule has 0 bridgehead atoms. The van der Waals surface area contributed by atoms with Crippen LogP contribution in [0.15, 0.2) is 34.9 Å². The minimum absolute atomic E-state index is 0.166. The normalized spacial score (nSPS) is 12.6. The average molecular weight is 300 g/mol. The van der Waals surface area contributed by atoms with E-state index < -0.39 is 12.3 Å². The fourth-order valence-corrected chi connectivity index (χ4v) is 2.23. The Hall–Kier alpha value is -1.36. The number of rotatable bonds is 3. The topological polar surface area (TPSA) is 31.2 Å². The number of fused-ring (bicyclic) bond motifs is 1. The van der Waals surface area contributed by atoms with Crippen LogP contribution in [-0.2, 0) is 9.53 Å². The molecule has 1 unspecified atom stereocenters. The molecule has 17 heavy (non-hydrogen) atoms. The van der Waals surface area contributed by atoms with Gasteiger partial charge in [0.25, 0.3) is 6.30 Å². The fourth-order valence-electron chi connectivity index (χ4n) is 1.67. The second-order valence-electron chi connectivity index (χ2n) is 3.49. The third-order valence-corrected chi connectivity index (χ3v) is 3.05. The van der Waals surface area contributed by atoms with E-state index in [4.69, 9.17) is 0 Å². The summed E-state index contributed by atoms with van der Waals surface area (Å²) in [5.74, 6) is -0.874. The number of para-hydroxylation sites is 1. The second-order valence-corrected chi connectivity index (χ2v) is 4.34. The van der Waals surface area contributed by atoms with Crippen molar-refractivity contribution in [2.75, 3.05) is 6.61 Å². The van der Waals surface area contributed by atoms with Gasteiger partial charge in [-0.3, -0.25) is 0 Å². The molecule has 1 aromatic heterocycles. The van der Waals surface area contributed by atoms with Gasteiger partial charge in [0.05, 0.1) is 12.1 Å². The Morgan fingerprint density at radius 2 is 2.24 bits per heavy atom. The predicted molar refractivity (Wildman–Crippen MR) is 66.4 cm³/mol. The molecule has 0 N–H and O–H groups in total. The Kier molecular flexibility index (Phi) is 3.47. The minimum atomic E-state index is -1.81. The highest BCUT2D eigenvalue weighted by atomic mass is 79.9. The smallest absolute Gasteiger partial charge is 0.362 e. The van der Waals surface area contributed by atoms with E-state index in [1.165, 1.54) is 4.57 Å². The molecule has 1 atom stereocenters. The van der Waals surface area contributed by atoms with Crippen molar-refractivity contribution in [2.45, 2.75) is 13.2 Å². The van der Waals surface area contributed by atoms with Crippen molar-refractivity contribution in [3.8, 4) is 0 Å². The highest BCUT2D eigenvalue weighted by Crippen LogP contribution is 2.29. The minimum Gasteiger partial charge on any atom is -0.462 e. The molecule has 0 aliphatic heterocycles. The number of halogens is 2. The lowest BCUT2D eigenvalue weighted by atomic mass is 10.2. The van der Waals surface area contributed by atoms with Gasteiger partial charge in [0.15, 0.2) is 0 Å². The zero-order valence-electron chi connectivity index (χ0n) is 9.19. The van der Waals surface area contributed by atoms with Crippen molar-refractivity contribution < 1.29 is 13.9 Å². The van der Waals surface area contributed by atoms with Crippen LogP contribution in [0.5, 0.6) is 0 Å². The lowest BCUT2D eigenvalue weighted by Crippen LogP contribution is -2.17. The van der Waals surface area contributed by atoms with E-state index in [0.29, 0.717) is 5.52 Å². The SMILES string of the molecule is CCOC(=O)C(F)n1cc(Br)c2ccccc21. The van der Waals surface area contributed by atoms with Crippen molar-refractivity contribution in [3.05, 3.63) is 34.9 Å². The number of aromatic nitrogens is 1. The van der Waals surface area contributed by atoms with Crippen molar-refractivity contribution in [1.82, 2.24) is 4.57 Å². The summed E-state index contributed by atoms with van der Waals surface area (Å²) in [5.41, 5.74) is 0.653.